The van der Waals surface area contributed by atoms with E-state index in [1.165, 1.54) is 6.42 Å². The van der Waals surface area contributed by atoms with Crippen molar-refractivity contribution >= 4 is 5.97 Å². The molecule has 0 aromatic heterocycles. The summed E-state index contributed by atoms with van der Waals surface area (Å²) >= 11 is 0. The lowest BCUT2D eigenvalue weighted by Crippen LogP contribution is -2.50. The lowest BCUT2D eigenvalue weighted by molar-refractivity contribution is -0.146. The van der Waals surface area contributed by atoms with Gasteiger partial charge in [0.1, 0.15) is 6.04 Å². The number of carboxylic acids is 1. The van der Waals surface area contributed by atoms with Crippen LogP contribution in [0.1, 0.15) is 58.3 Å². The maximum atomic E-state index is 11.5. The van der Waals surface area contributed by atoms with E-state index in [1.54, 1.807) is 0 Å². The highest BCUT2D eigenvalue weighted by atomic mass is 16.5. The Morgan fingerprint density at radius 1 is 1.32 bits per heavy atom. The highest BCUT2D eigenvalue weighted by Gasteiger charge is 2.35. The third-order valence-electron chi connectivity index (χ3n) is 4.50. The highest BCUT2D eigenvalue weighted by molar-refractivity contribution is 5.73. The Balaban J connectivity index is 2.01. The number of ether oxygens (including phenoxy) is 1. The minimum atomic E-state index is -0.638. The zero-order valence-electron chi connectivity index (χ0n) is 12.0. The average Bonchev–Trinajstić information content (AvgIpc) is 2.65. The van der Waals surface area contributed by atoms with Crippen molar-refractivity contribution in [2.75, 3.05) is 13.2 Å². The van der Waals surface area contributed by atoms with E-state index in [0.29, 0.717) is 12.1 Å². The van der Waals surface area contributed by atoms with E-state index in [4.69, 9.17) is 4.74 Å². The molecule has 4 nitrogen and oxygen atoms in total. The molecule has 0 bridgehead atoms. The summed E-state index contributed by atoms with van der Waals surface area (Å²) in [4.78, 5) is 13.8. The van der Waals surface area contributed by atoms with E-state index in [1.807, 2.05) is 0 Å². The smallest absolute Gasteiger partial charge is 0.320 e. The van der Waals surface area contributed by atoms with Crippen molar-refractivity contribution in [2.45, 2.75) is 76.5 Å². The van der Waals surface area contributed by atoms with Gasteiger partial charge in [-0.05, 0) is 38.6 Å². The Morgan fingerprint density at radius 3 is 2.89 bits per heavy atom. The molecule has 0 radical (unpaired) electrons. The van der Waals surface area contributed by atoms with Crippen LogP contribution < -0.4 is 0 Å². The van der Waals surface area contributed by atoms with Crippen molar-refractivity contribution in [3.8, 4) is 0 Å². The lowest BCUT2D eigenvalue weighted by atomic mass is 9.96. The molecule has 3 unspecified atom stereocenters. The van der Waals surface area contributed by atoms with Gasteiger partial charge in [-0.15, -0.1) is 0 Å². The van der Waals surface area contributed by atoms with Crippen molar-refractivity contribution in [3.63, 3.8) is 0 Å². The molecule has 0 aromatic carbocycles. The van der Waals surface area contributed by atoms with Crippen LogP contribution in [0.25, 0.3) is 0 Å². The standard InChI is InChI=1S/C15H27NO3/c1-2-6-13-11-12(8-10-19-13)16-9-5-3-4-7-14(16)15(17)18/h12-14H,2-11H2,1H3,(H,17,18). The molecule has 2 aliphatic heterocycles. The molecule has 1 N–H and O–H groups in total. The minimum Gasteiger partial charge on any atom is -0.480 e. The first-order valence-corrected chi connectivity index (χ1v) is 7.82. The largest absolute Gasteiger partial charge is 0.480 e. The molecule has 2 saturated heterocycles. The minimum absolute atomic E-state index is 0.270. The van der Waals surface area contributed by atoms with Gasteiger partial charge in [0.15, 0.2) is 0 Å². The summed E-state index contributed by atoms with van der Waals surface area (Å²) in [5.74, 6) is -0.638. The van der Waals surface area contributed by atoms with Gasteiger partial charge in [-0.25, -0.2) is 0 Å². The molecule has 0 spiro atoms. The van der Waals surface area contributed by atoms with Crippen molar-refractivity contribution in [2.24, 2.45) is 0 Å². The molecule has 110 valence electrons. The second-order valence-corrected chi connectivity index (χ2v) is 5.90. The molecule has 2 rings (SSSR count). The first-order chi connectivity index (χ1) is 9.22. The van der Waals surface area contributed by atoms with E-state index in [9.17, 15) is 9.90 Å². The van der Waals surface area contributed by atoms with Crippen LogP contribution in [0, 0.1) is 0 Å². The molecule has 2 aliphatic rings. The van der Waals surface area contributed by atoms with Gasteiger partial charge in [-0.3, -0.25) is 9.69 Å². The fraction of sp³-hybridized carbons (Fsp3) is 0.933. The van der Waals surface area contributed by atoms with E-state index in [-0.39, 0.29) is 6.04 Å². The lowest BCUT2D eigenvalue weighted by Gasteiger charge is -2.39. The fourth-order valence-electron chi connectivity index (χ4n) is 3.52. The fourth-order valence-corrected chi connectivity index (χ4v) is 3.52. The first-order valence-electron chi connectivity index (χ1n) is 7.82. The van der Waals surface area contributed by atoms with Gasteiger partial charge < -0.3 is 9.84 Å². The van der Waals surface area contributed by atoms with Crippen LogP contribution in [0.5, 0.6) is 0 Å². The van der Waals surface area contributed by atoms with Gasteiger partial charge >= 0.3 is 5.97 Å². The summed E-state index contributed by atoms with van der Waals surface area (Å²) in [6.45, 7) is 3.91. The molecule has 2 fully saturated rings. The van der Waals surface area contributed by atoms with Gasteiger partial charge in [0.25, 0.3) is 0 Å². The zero-order chi connectivity index (χ0) is 13.7. The molecule has 19 heavy (non-hydrogen) atoms. The predicted octanol–water partition coefficient (Wildman–Crippen LogP) is 2.66. The van der Waals surface area contributed by atoms with Crippen LogP contribution in [0.15, 0.2) is 0 Å². The zero-order valence-corrected chi connectivity index (χ0v) is 12.0. The summed E-state index contributed by atoms with van der Waals surface area (Å²) in [6.07, 6.45) is 8.74. The van der Waals surface area contributed by atoms with Gasteiger partial charge in [-0.2, -0.15) is 0 Å². The molecule has 2 heterocycles. The number of hydrogen-bond acceptors (Lipinski definition) is 3. The molecule has 0 saturated carbocycles. The number of hydrogen-bond donors (Lipinski definition) is 1. The quantitative estimate of drug-likeness (QED) is 0.852. The Bertz CT molecular complexity index is 293. The molecule has 4 heteroatoms. The molecule has 0 aromatic rings. The van der Waals surface area contributed by atoms with Crippen molar-refractivity contribution in [1.29, 1.82) is 0 Å². The summed E-state index contributed by atoms with van der Waals surface area (Å²) in [6, 6.07) is 0.136. The third-order valence-corrected chi connectivity index (χ3v) is 4.50. The SMILES string of the molecule is CCCC1CC(N2CCCCCC2C(=O)O)CCO1. The number of carbonyl (C=O) groups is 1. The molecule has 0 aliphatic carbocycles. The van der Waals surface area contributed by atoms with E-state index >= 15 is 0 Å². The Hall–Kier alpha value is -0.610. The summed E-state index contributed by atoms with van der Waals surface area (Å²) < 4.78 is 5.79. The second-order valence-electron chi connectivity index (χ2n) is 5.90. The first kappa shape index (κ1) is 14.8. The molecule has 3 atom stereocenters. The number of rotatable bonds is 4. The van der Waals surface area contributed by atoms with Gasteiger partial charge in [0, 0.05) is 12.6 Å². The van der Waals surface area contributed by atoms with E-state index in [2.05, 4.69) is 11.8 Å². The monoisotopic (exact) mass is 269 g/mol. The van der Waals surface area contributed by atoms with E-state index < -0.39 is 5.97 Å². The average molecular weight is 269 g/mol. The van der Waals surface area contributed by atoms with Crippen LogP contribution in [0.3, 0.4) is 0 Å². The van der Waals surface area contributed by atoms with Crippen LogP contribution >= 0.6 is 0 Å². The van der Waals surface area contributed by atoms with Gasteiger partial charge in [0.05, 0.1) is 6.10 Å². The van der Waals surface area contributed by atoms with Crippen LogP contribution in [0.4, 0.5) is 0 Å². The van der Waals surface area contributed by atoms with Gasteiger partial charge in [-0.1, -0.05) is 26.2 Å². The van der Waals surface area contributed by atoms with Crippen LogP contribution in [0.2, 0.25) is 0 Å². The Labute approximate surface area is 116 Å². The number of nitrogens with zero attached hydrogens (tertiary/aromatic N) is 1. The molecule has 0 amide bonds. The summed E-state index contributed by atoms with van der Waals surface area (Å²) in [5.41, 5.74) is 0. The van der Waals surface area contributed by atoms with Crippen molar-refractivity contribution < 1.29 is 14.6 Å². The van der Waals surface area contributed by atoms with Crippen molar-refractivity contribution in [1.82, 2.24) is 4.90 Å². The molecular weight excluding hydrogens is 242 g/mol. The Morgan fingerprint density at radius 2 is 2.16 bits per heavy atom. The number of aliphatic carboxylic acids is 1. The summed E-state index contributed by atoms with van der Waals surface area (Å²) in [5, 5.41) is 9.46. The summed E-state index contributed by atoms with van der Waals surface area (Å²) in [7, 11) is 0. The van der Waals surface area contributed by atoms with Gasteiger partial charge in [0.2, 0.25) is 0 Å². The topological polar surface area (TPSA) is 49.8 Å². The van der Waals surface area contributed by atoms with Crippen molar-refractivity contribution in [3.05, 3.63) is 0 Å². The number of carboxylic acid groups (broad SMARTS) is 1. The second kappa shape index (κ2) is 7.25. The highest BCUT2D eigenvalue weighted by Crippen LogP contribution is 2.27. The maximum Gasteiger partial charge on any atom is 0.320 e. The normalized spacial score (nSPS) is 33.8. The number of likely N-dealkylation sites (tertiary alicyclic amines) is 1. The van der Waals surface area contributed by atoms with Crippen LogP contribution in [-0.4, -0.2) is 47.3 Å². The van der Waals surface area contributed by atoms with Crippen LogP contribution in [-0.2, 0) is 9.53 Å². The predicted molar refractivity (Wildman–Crippen MR) is 74.3 cm³/mol. The van der Waals surface area contributed by atoms with E-state index in [0.717, 1.165) is 58.1 Å². The molecular formula is C15H27NO3. The maximum absolute atomic E-state index is 11.5. The Kier molecular flexibility index (Phi) is 5.64. The third kappa shape index (κ3) is 3.93.